The summed E-state index contributed by atoms with van der Waals surface area (Å²) in [5.74, 6) is 0.625. The summed E-state index contributed by atoms with van der Waals surface area (Å²) >= 11 is 0. The quantitative estimate of drug-likeness (QED) is 0.873. The second kappa shape index (κ2) is 4.10. The Labute approximate surface area is 102 Å². The maximum atomic E-state index is 12.3. The van der Waals surface area contributed by atoms with E-state index in [2.05, 4.69) is 23.8 Å². The Morgan fingerprint density at radius 2 is 2.18 bits per heavy atom. The molecule has 96 valence electrons. The van der Waals surface area contributed by atoms with E-state index in [1.165, 1.54) is 6.20 Å². The summed E-state index contributed by atoms with van der Waals surface area (Å²) in [7, 11) is -3.40. The first-order valence-electron chi connectivity index (χ1n) is 5.83. The second-order valence-electron chi connectivity index (χ2n) is 5.44. The topological polar surface area (TPSA) is 66.1 Å². The number of piperidine rings is 1. The molecule has 0 unspecified atom stereocenters. The number of nitrogens with one attached hydrogen (secondary N) is 1. The van der Waals surface area contributed by atoms with Crippen LogP contribution in [0, 0.1) is 12.3 Å². The summed E-state index contributed by atoms with van der Waals surface area (Å²) in [6, 6.07) is 0. The first-order chi connectivity index (χ1) is 7.81. The average Bonchev–Trinajstić information content (AvgIpc) is 2.64. The number of hydrogen-bond donors (Lipinski definition) is 1. The Balaban J connectivity index is 2.27. The molecular weight excluding hydrogens is 238 g/mol. The third kappa shape index (κ3) is 2.52. The van der Waals surface area contributed by atoms with E-state index in [-0.39, 0.29) is 10.4 Å². The van der Waals surface area contributed by atoms with Gasteiger partial charge in [0.25, 0.3) is 10.0 Å². The van der Waals surface area contributed by atoms with Crippen LogP contribution in [0.15, 0.2) is 11.2 Å². The standard InChI is InChI=1S/C11H19N3O2S/c1-9-12-7-10(13-9)17(15,16)14-6-4-5-11(2,3)8-14/h7H,4-6,8H2,1-3H3,(H,12,13). The van der Waals surface area contributed by atoms with Crippen LogP contribution >= 0.6 is 0 Å². The molecule has 0 bridgehead atoms. The molecule has 17 heavy (non-hydrogen) atoms. The van der Waals surface area contributed by atoms with Crippen LogP contribution in [0.5, 0.6) is 0 Å². The van der Waals surface area contributed by atoms with Gasteiger partial charge in [0, 0.05) is 13.1 Å². The number of hydrogen-bond acceptors (Lipinski definition) is 3. The molecule has 1 N–H and O–H groups in total. The first-order valence-corrected chi connectivity index (χ1v) is 7.27. The highest BCUT2D eigenvalue weighted by Crippen LogP contribution is 2.31. The normalized spacial score (nSPS) is 21.6. The monoisotopic (exact) mass is 257 g/mol. The molecule has 1 aliphatic heterocycles. The van der Waals surface area contributed by atoms with Crippen molar-refractivity contribution in [3.05, 3.63) is 12.0 Å². The van der Waals surface area contributed by atoms with Crippen LogP contribution in [0.1, 0.15) is 32.5 Å². The van der Waals surface area contributed by atoms with Gasteiger partial charge in [-0.15, -0.1) is 0 Å². The highest BCUT2D eigenvalue weighted by molar-refractivity contribution is 7.89. The van der Waals surface area contributed by atoms with Crippen LogP contribution in [0.2, 0.25) is 0 Å². The largest absolute Gasteiger partial charge is 0.332 e. The van der Waals surface area contributed by atoms with Crippen LogP contribution in [0.4, 0.5) is 0 Å². The number of aromatic nitrogens is 2. The van der Waals surface area contributed by atoms with Gasteiger partial charge in [-0.05, 0) is 25.2 Å². The predicted octanol–water partition coefficient (Wildman–Crippen LogP) is 1.53. The van der Waals surface area contributed by atoms with Gasteiger partial charge in [-0.3, -0.25) is 0 Å². The van der Waals surface area contributed by atoms with E-state index in [0.29, 0.717) is 18.9 Å². The van der Waals surface area contributed by atoms with Crippen molar-refractivity contribution in [3.63, 3.8) is 0 Å². The summed E-state index contributed by atoms with van der Waals surface area (Å²) < 4.78 is 26.2. The Morgan fingerprint density at radius 3 is 2.71 bits per heavy atom. The number of sulfonamides is 1. The molecule has 0 amide bonds. The van der Waals surface area contributed by atoms with Crippen molar-refractivity contribution in [1.82, 2.24) is 14.3 Å². The maximum Gasteiger partial charge on any atom is 0.260 e. The third-order valence-corrected chi connectivity index (χ3v) is 4.92. The number of aromatic amines is 1. The lowest BCUT2D eigenvalue weighted by Crippen LogP contribution is -2.43. The van der Waals surface area contributed by atoms with E-state index in [0.717, 1.165) is 12.8 Å². The van der Waals surface area contributed by atoms with Crippen molar-refractivity contribution in [2.45, 2.75) is 38.6 Å². The van der Waals surface area contributed by atoms with Crippen molar-refractivity contribution in [2.24, 2.45) is 5.41 Å². The molecule has 1 saturated heterocycles. The van der Waals surface area contributed by atoms with Gasteiger partial charge in [0.05, 0.1) is 6.20 Å². The Kier molecular flexibility index (Phi) is 3.03. The van der Waals surface area contributed by atoms with E-state index < -0.39 is 10.0 Å². The van der Waals surface area contributed by atoms with Crippen LogP contribution < -0.4 is 0 Å². The second-order valence-corrected chi connectivity index (χ2v) is 7.35. The number of aryl methyl sites for hydroxylation is 1. The minimum atomic E-state index is -3.40. The molecule has 0 spiro atoms. The average molecular weight is 257 g/mol. The van der Waals surface area contributed by atoms with Crippen LogP contribution in [-0.2, 0) is 10.0 Å². The number of H-pyrrole nitrogens is 1. The van der Waals surface area contributed by atoms with Gasteiger partial charge in [-0.2, -0.15) is 4.31 Å². The Bertz CT molecular complexity index is 505. The zero-order chi connectivity index (χ0) is 12.7. The summed E-state index contributed by atoms with van der Waals surface area (Å²) in [6.07, 6.45) is 3.38. The predicted molar refractivity (Wildman–Crippen MR) is 65.1 cm³/mol. The van der Waals surface area contributed by atoms with Gasteiger partial charge in [-0.25, -0.2) is 13.4 Å². The molecule has 1 aromatic rings. The van der Waals surface area contributed by atoms with Crippen molar-refractivity contribution >= 4 is 10.0 Å². The van der Waals surface area contributed by atoms with E-state index >= 15 is 0 Å². The minimum Gasteiger partial charge on any atom is -0.332 e. The lowest BCUT2D eigenvalue weighted by molar-refractivity contribution is 0.186. The molecule has 1 aliphatic rings. The molecule has 0 aromatic carbocycles. The molecule has 1 fully saturated rings. The summed E-state index contributed by atoms with van der Waals surface area (Å²) in [6.45, 7) is 7.14. The molecule has 0 saturated carbocycles. The maximum absolute atomic E-state index is 12.3. The lowest BCUT2D eigenvalue weighted by Gasteiger charge is -2.36. The molecule has 5 nitrogen and oxygen atoms in total. The smallest absolute Gasteiger partial charge is 0.260 e. The zero-order valence-corrected chi connectivity index (χ0v) is 11.3. The highest BCUT2D eigenvalue weighted by Gasteiger charge is 2.34. The first kappa shape index (κ1) is 12.6. The molecule has 0 radical (unpaired) electrons. The van der Waals surface area contributed by atoms with Crippen LogP contribution in [0.3, 0.4) is 0 Å². The summed E-state index contributed by atoms with van der Waals surface area (Å²) in [5, 5.41) is 0.202. The van der Waals surface area contributed by atoms with Crippen molar-refractivity contribution in [3.8, 4) is 0 Å². The number of rotatable bonds is 2. The fraction of sp³-hybridized carbons (Fsp3) is 0.727. The molecular formula is C11H19N3O2S. The van der Waals surface area contributed by atoms with Crippen molar-refractivity contribution in [2.75, 3.05) is 13.1 Å². The number of nitrogens with zero attached hydrogens (tertiary/aromatic N) is 2. The van der Waals surface area contributed by atoms with Crippen LogP contribution in [-0.4, -0.2) is 35.8 Å². The number of imidazole rings is 1. The fourth-order valence-corrected chi connectivity index (χ4v) is 3.87. The van der Waals surface area contributed by atoms with E-state index in [1.54, 1.807) is 11.2 Å². The van der Waals surface area contributed by atoms with Gasteiger partial charge in [0.2, 0.25) is 0 Å². The molecule has 1 aromatic heterocycles. The Hall–Kier alpha value is -0.880. The van der Waals surface area contributed by atoms with E-state index in [1.807, 2.05) is 0 Å². The Morgan fingerprint density at radius 1 is 1.47 bits per heavy atom. The van der Waals surface area contributed by atoms with Gasteiger partial charge in [0.15, 0.2) is 5.03 Å². The summed E-state index contributed by atoms with van der Waals surface area (Å²) in [4.78, 5) is 6.75. The molecule has 6 heteroatoms. The molecule has 2 heterocycles. The van der Waals surface area contributed by atoms with Gasteiger partial charge in [-0.1, -0.05) is 13.8 Å². The third-order valence-electron chi connectivity index (χ3n) is 3.16. The van der Waals surface area contributed by atoms with Gasteiger partial charge >= 0.3 is 0 Å². The zero-order valence-electron chi connectivity index (χ0n) is 10.5. The van der Waals surface area contributed by atoms with E-state index in [4.69, 9.17) is 0 Å². The molecule has 0 atom stereocenters. The summed E-state index contributed by atoms with van der Waals surface area (Å²) in [5.41, 5.74) is 0.0559. The SMILES string of the molecule is Cc1ncc(S(=O)(=O)N2CCCC(C)(C)C2)[nH]1. The molecule has 0 aliphatic carbocycles. The molecule has 2 rings (SSSR count). The fourth-order valence-electron chi connectivity index (χ4n) is 2.24. The van der Waals surface area contributed by atoms with Gasteiger partial charge in [0.1, 0.15) is 5.82 Å². The van der Waals surface area contributed by atoms with E-state index in [9.17, 15) is 8.42 Å². The van der Waals surface area contributed by atoms with Crippen molar-refractivity contribution < 1.29 is 8.42 Å². The lowest BCUT2D eigenvalue weighted by atomic mass is 9.85. The van der Waals surface area contributed by atoms with Gasteiger partial charge < -0.3 is 4.98 Å². The highest BCUT2D eigenvalue weighted by atomic mass is 32.2. The van der Waals surface area contributed by atoms with Crippen LogP contribution in [0.25, 0.3) is 0 Å². The van der Waals surface area contributed by atoms with Crippen molar-refractivity contribution in [1.29, 1.82) is 0 Å². The minimum absolute atomic E-state index is 0.0559.